The highest BCUT2D eigenvalue weighted by Gasteiger charge is 2.31. The van der Waals surface area contributed by atoms with E-state index in [9.17, 15) is 27.9 Å². The third-order valence-electron chi connectivity index (χ3n) is 3.98. The molecule has 1 atom stereocenters. The van der Waals surface area contributed by atoms with E-state index in [-0.39, 0.29) is 10.4 Å². The molecule has 0 fully saturated rings. The summed E-state index contributed by atoms with van der Waals surface area (Å²) in [6.45, 7) is 1.41. The Kier molecular flexibility index (Phi) is 5.31. The van der Waals surface area contributed by atoms with Crippen molar-refractivity contribution in [1.82, 2.24) is 4.57 Å². The minimum absolute atomic E-state index is 0.0282. The van der Waals surface area contributed by atoms with Crippen LogP contribution in [0.4, 0.5) is 13.2 Å². The van der Waals surface area contributed by atoms with E-state index in [2.05, 4.69) is 4.99 Å². The predicted octanol–water partition coefficient (Wildman–Crippen LogP) is 4.76. The standard InChI is InChI=1S/C18H12ClF3N2O3S/c1-9(16(26)27)24-13-7-3-6-12(19)14(13)28-17(24)23-15(25)10-4-2-5-11(8-10)18(20,21)22/h2-9H,1H3,(H,26,27). The molecule has 146 valence electrons. The lowest BCUT2D eigenvalue weighted by Crippen LogP contribution is -2.25. The van der Waals surface area contributed by atoms with Crippen molar-refractivity contribution in [1.29, 1.82) is 0 Å². The lowest BCUT2D eigenvalue weighted by Gasteiger charge is -2.10. The van der Waals surface area contributed by atoms with Gasteiger partial charge in [-0.3, -0.25) is 4.79 Å². The molecule has 1 unspecified atom stereocenters. The van der Waals surface area contributed by atoms with Gasteiger partial charge < -0.3 is 9.67 Å². The van der Waals surface area contributed by atoms with Crippen LogP contribution in [-0.2, 0) is 11.0 Å². The molecule has 0 aliphatic carbocycles. The van der Waals surface area contributed by atoms with Crippen molar-refractivity contribution in [3.8, 4) is 0 Å². The molecule has 1 heterocycles. The lowest BCUT2D eigenvalue weighted by molar-refractivity contribution is -0.140. The zero-order chi connectivity index (χ0) is 20.6. The van der Waals surface area contributed by atoms with Crippen LogP contribution in [0.2, 0.25) is 5.02 Å². The number of thiazole rings is 1. The molecular weight excluding hydrogens is 417 g/mol. The molecule has 0 radical (unpaired) electrons. The maximum atomic E-state index is 12.9. The summed E-state index contributed by atoms with van der Waals surface area (Å²) in [6.07, 6.45) is -4.60. The van der Waals surface area contributed by atoms with Crippen LogP contribution in [0.1, 0.15) is 28.9 Å². The van der Waals surface area contributed by atoms with Crippen molar-refractivity contribution >= 4 is 45.0 Å². The van der Waals surface area contributed by atoms with Gasteiger partial charge in [-0.1, -0.05) is 35.1 Å². The largest absolute Gasteiger partial charge is 0.480 e. The SMILES string of the molecule is CC(C(=O)O)n1c(=NC(=O)c2cccc(C(F)(F)F)c2)sc2c(Cl)cccc21. The topological polar surface area (TPSA) is 71.7 Å². The van der Waals surface area contributed by atoms with Crippen LogP contribution in [0.15, 0.2) is 47.5 Å². The Morgan fingerprint density at radius 1 is 1.21 bits per heavy atom. The Morgan fingerprint density at radius 2 is 1.89 bits per heavy atom. The number of carboxylic acid groups (broad SMARTS) is 1. The van der Waals surface area contributed by atoms with Gasteiger partial charge in [-0.25, -0.2) is 4.79 Å². The van der Waals surface area contributed by atoms with Crippen molar-refractivity contribution in [2.24, 2.45) is 4.99 Å². The minimum atomic E-state index is -4.60. The number of carbonyl (C=O) groups excluding carboxylic acids is 1. The molecule has 1 aromatic heterocycles. The third-order valence-corrected chi connectivity index (χ3v) is 5.51. The zero-order valence-corrected chi connectivity index (χ0v) is 15.8. The number of hydrogen-bond acceptors (Lipinski definition) is 3. The zero-order valence-electron chi connectivity index (χ0n) is 14.2. The van der Waals surface area contributed by atoms with Crippen LogP contribution in [0.25, 0.3) is 10.2 Å². The van der Waals surface area contributed by atoms with Crippen molar-refractivity contribution in [3.05, 3.63) is 63.4 Å². The van der Waals surface area contributed by atoms with Gasteiger partial charge in [0.05, 0.1) is 20.8 Å². The van der Waals surface area contributed by atoms with Crippen LogP contribution in [0.5, 0.6) is 0 Å². The fourth-order valence-electron chi connectivity index (χ4n) is 2.57. The first-order valence-electron chi connectivity index (χ1n) is 7.88. The van der Waals surface area contributed by atoms with E-state index in [1.165, 1.54) is 17.6 Å². The summed E-state index contributed by atoms with van der Waals surface area (Å²) < 4.78 is 40.5. The molecule has 0 bridgehead atoms. The number of benzene rings is 2. The van der Waals surface area contributed by atoms with Gasteiger partial charge in [0.15, 0.2) is 4.80 Å². The van der Waals surface area contributed by atoms with E-state index in [1.54, 1.807) is 18.2 Å². The summed E-state index contributed by atoms with van der Waals surface area (Å²) in [5.41, 5.74) is -0.768. The molecule has 3 rings (SSSR count). The van der Waals surface area contributed by atoms with E-state index in [1.807, 2.05) is 0 Å². The number of fused-ring (bicyclic) bond motifs is 1. The number of aliphatic carboxylic acids is 1. The van der Waals surface area contributed by atoms with Gasteiger partial charge >= 0.3 is 12.1 Å². The number of rotatable bonds is 3. The van der Waals surface area contributed by atoms with Gasteiger partial charge in [-0.15, -0.1) is 0 Å². The number of halogens is 4. The second-order valence-corrected chi connectivity index (χ2v) is 7.24. The monoisotopic (exact) mass is 428 g/mol. The lowest BCUT2D eigenvalue weighted by atomic mass is 10.1. The quantitative estimate of drug-likeness (QED) is 0.653. The molecule has 0 aliphatic heterocycles. The Balaban J connectivity index is 2.19. The first-order valence-corrected chi connectivity index (χ1v) is 9.07. The normalized spacial score (nSPS) is 13.7. The first kappa shape index (κ1) is 20.1. The van der Waals surface area contributed by atoms with E-state index in [0.29, 0.717) is 21.3 Å². The Morgan fingerprint density at radius 3 is 2.54 bits per heavy atom. The van der Waals surface area contributed by atoms with Gasteiger partial charge in [-0.2, -0.15) is 18.2 Å². The second kappa shape index (κ2) is 7.40. The van der Waals surface area contributed by atoms with Gasteiger partial charge in [0.25, 0.3) is 5.91 Å². The molecule has 28 heavy (non-hydrogen) atoms. The number of hydrogen-bond donors (Lipinski definition) is 1. The maximum Gasteiger partial charge on any atom is 0.416 e. The van der Waals surface area contributed by atoms with Crippen LogP contribution in [-0.4, -0.2) is 21.6 Å². The Labute approximate surface area is 165 Å². The summed E-state index contributed by atoms with van der Waals surface area (Å²) >= 11 is 7.14. The first-order chi connectivity index (χ1) is 13.1. The highest BCUT2D eigenvalue weighted by Crippen LogP contribution is 2.30. The number of alkyl halides is 3. The van der Waals surface area contributed by atoms with Crippen LogP contribution >= 0.6 is 22.9 Å². The van der Waals surface area contributed by atoms with Crippen molar-refractivity contribution in [2.75, 3.05) is 0 Å². The average molecular weight is 429 g/mol. The molecule has 0 spiro atoms. The van der Waals surface area contributed by atoms with Gasteiger partial charge in [0.1, 0.15) is 6.04 Å². The third kappa shape index (κ3) is 3.81. The van der Waals surface area contributed by atoms with E-state index >= 15 is 0 Å². The molecule has 0 aliphatic rings. The fraction of sp³-hybridized carbons (Fsp3) is 0.167. The van der Waals surface area contributed by atoms with Crippen molar-refractivity contribution < 1.29 is 27.9 Å². The molecule has 3 aromatic rings. The smallest absolute Gasteiger partial charge is 0.416 e. The summed E-state index contributed by atoms with van der Waals surface area (Å²) in [5.74, 6) is -2.08. The highest BCUT2D eigenvalue weighted by atomic mass is 35.5. The fourth-order valence-corrected chi connectivity index (χ4v) is 3.96. The molecule has 5 nitrogen and oxygen atoms in total. The van der Waals surface area contributed by atoms with Gasteiger partial charge in [-0.05, 0) is 37.3 Å². The number of amides is 1. The highest BCUT2D eigenvalue weighted by molar-refractivity contribution is 7.17. The Hall–Kier alpha value is -2.65. The predicted molar refractivity (Wildman–Crippen MR) is 98.5 cm³/mol. The summed E-state index contributed by atoms with van der Waals surface area (Å²) in [6, 6.07) is 7.67. The molecule has 10 heteroatoms. The molecule has 1 amide bonds. The number of nitrogens with zero attached hydrogens (tertiary/aromatic N) is 2. The second-order valence-electron chi connectivity index (χ2n) is 5.85. The Bertz CT molecular complexity index is 1150. The van der Waals surface area contributed by atoms with Crippen molar-refractivity contribution in [2.45, 2.75) is 19.1 Å². The number of aromatic nitrogens is 1. The van der Waals surface area contributed by atoms with Gasteiger partial charge in [0.2, 0.25) is 0 Å². The summed E-state index contributed by atoms with van der Waals surface area (Å²) in [4.78, 5) is 27.9. The molecule has 0 saturated carbocycles. The molecular formula is C18H12ClF3N2O3S. The molecule has 1 N–H and O–H groups in total. The van der Waals surface area contributed by atoms with Crippen LogP contribution in [0, 0.1) is 0 Å². The van der Waals surface area contributed by atoms with E-state index in [4.69, 9.17) is 11.6 Å². The summed E-state index contributed by atoms with van der Waals surface area (Å²) in [5, 5.41) is 9.73. The van der Waals surface area contributed by atoms with E-state index < -0.39 is 29.7 Å². The number of carbonyl (C=O) groups is 2. The minimum Gasteiger partial charge on any atom is -0.480 e. The van der Waals surface area contributed by atoms with Crippen LogP contribution < -0.4 is 4.80 Å². The van der Waals surface area contributed by atoms with E-state index in [0.717, 1.165) is 23.5 Å². The van der Waals surface area contributed by atoms with Gasteiger partial charge in [0, 0.05) is 5.56 Å². The molecule has 2 aromatic carbocycles. The summed E-state index contributed by atoms with van der Waals surface area (Å²) in [7, 11) is 0. The maximum absolute atomic E-state index is 12.9. The van der Waals surface area contributed by atoms with Crippen LogP contribution in [0.3, 0.4) is 0 Å². The number of carboxylic acids is 1. The average Bonchev–Trinajstić information content (AvgIpc) is 2.99. The van der Waals surface area contributed by atoms with Crippen molar-refractivity contribution in [3.63, 3.8) is 0 Å². The molecule has 0 saturated heterocycles.